The van der Waals surface area contributed by atoms with E-state index in [1.54, 1.807) is 0 Å². The zero-order chi connectivity index (χ0) is 8.97. The predicted octanol–water partition coefficient (Wildman–Crippen LogP) is 3.28. The van der Waals surface area contributed by atoms with E-state index in [2.05, 4.69) is 46.8 Å². The van der Waals surface area contributed by atoms with Crippen molar-refractivity contribution in [2.45, 2.75) is 26.7 Å². The maximum absolute atomic E-state index is 3.60. The van der Waals surface area contributed by atoms with Gasteiger partial charge in [0.2, 0.25) is 0 Å². The Morgan fingerprint density at radius 2 is 2.33 bits per heavy atom. The first-order chi connectivity index (χ1) is 5.75. The number of hydrogen-bond acceptors (Lipinski definition) is 1. The van der Waals surface area contributed by atoms with E-state index in [1.807, 2.05) is 0 Å². The van der Waals surface area contributed by atoms with Crippen molar-refractivity contribution in [1.82, 2.24) is 4.90 Å². The van der Waals surface area contributed by atoms with Crippen molar-refractivity contribution < 1.29 is 0 Å². The molecule has 1 nitrogen and oxygen atoms in total. The second-order valence-electron chi connectivity index (χ2n) is 3.18. The van der Waals surface area contributed by atoms with Gasteiger partial charge >= 0.3 is 0 Å². The molecule has 0 aromatic rings. The van der Waals surface area contributed by atoms with Gasteiger partial charge < -0.3 is 4.90 Å². The largest absolute Gasteiger partial charge is 0.362 e. The third-order valence-electron chi connectivity index (χ3n) is 2.08. The average Bonchev–Trinajstić information content (AvgIpc) is 2.08. The SMILES string of the molecule is CCCCN1CC=CC(C)=C1Br. The fourth-order valence-electron chi connectivity index (χ4n) is 1.29. The molecule has 68 valence electrons. The Morgan fingerprint density at radius 1 is 1.58 bits per heavy atom. The summed E-state index contributed by atoms with van der Waals surface area (Å²) in [5.74, 6) is 0. The van der Waals surface area contributed by atoms with Crippen molar-refractivity contribution in [3.8, 4) is 0 Å². The quantitative estimate of drug-likeness (QED) is 0.672. The summed E-state index contributed by atoms with van der Waals surface area (Å²) in [5, 5.41) is 0. The molecule has 12 heavy (non-hydrogen) atoms. The van der Waals surface area contributed by atoms with Crippen LogP contribution in [0.4, 0.5) is 0 Å². The molecule has 0 spiro atoms. The molecule has 1 aliphatic heterocycles. The second-order valence-corrected chi connectivity index (χ2v) is 3.93. The lowest BCUT2D eigenvalue weighted by molar-refractivity contribution is 0.390. The standard InChI is InChI=1S/C10H16BrN/c1-3-4-7-12-8-5-6-9(2)10(12)11/h5-6H,3-4,7-8H2,1-2H3. The van der Waals surface area contributed by atoms with Crippen molar-refractivity contribution in [1.29, 1.82) is 0 Å². The summed E-state index contributed by atoms with van der Waals surface area (Å²) in [6.45, 7) is 6.58. The average molecular weight is 230 g/mol. The molecule has 0 aromatic carbocycles. The number of rotatable bonds is 3. The lowest BCUT2D eigenvalue weighted by Gasteiger charge is -2.26. The molecule has 0 N–H and O–H groups in total. The molecule has 0 fully saturated rings. The normalized spacial score (nSPS) is 17.4. The van der Waals surface area contributed by atoms with Gasteiger partial charge in [0, 0.05) is 13.1 Å². The third-order valence-corrected chi connectivity index (χ3v) is 3.21. The Labute approximate surface area is 83.3 Å². The van der Waals surface area contributed by atoms with E-state index < -0.39 is 0 Å². The van der Waals surface area contributed by atoms with E-state index in [-0.39, 0.29) is 0 Å². The lowest BCUT2D eigenvalue weighted by Crippen LogP contribution is -2.24. The van der Waals surface area contributed by atoms with Gasteiger partial charge in [-0.05, 0) is 34.8 Å². The van der Waals surface area contributed by atoms with Crippen LogP contribution in [0.1, 0.15) is 26.7 Å². The minimum Gasteiger partial charge on any atom is -0.362 e. The monoisotopic (exact) mass is 229 g/mol. The summed E-state index contributed by atoms with van der Waals surface area (Å²) >= 11 is 3.60. The van der Waals surface area contributed by atoms with E-state index in [4.69, 9.17) is 0 Å². The highest BCUT2D eigenvalue weighted by molar-refractivity contribution is 9.11. The molecule has 2 heteroatoms. The highest BCUT2D eigenvalue weighted by atomic mass is 79.9. The third kappa shape index (κ3) is 2.37. The van der Waals surface area contributed by atoms with Crippen molar-refractivity contribution >= 4 is 15.9 Å². The fraction of sp³-hybridized carbons (Fsp3) is 0.600. The summed E-state index contributed by atoms with van der Waals surface area (Å²) in [6.07, 6.45) is 6.93. The van der Waals surface area contributed by atoms with Crippen LogP contribution in [0.3, 0.4) is 0 Å². The number of halogens is 1. The van der Waals surface area contributed by atoms with Crippen LogP contribution >= 0.6 is 15.9 Å². The fourth-order valence-corrected chi connectivity index (χ4v) is 1.75. The van der Waals surface area contributed by atoms with Crippen LogP contribution in [0, 0.1) is 0 Å². The van der Waals surface area contributed by atoms with Crippen LogP contribution < -0.4 is 0 Å². The maximum Gasteiger partial charge on any atom is 0.0838 e. The second kappa shape index (κ2) is 4.70. The summed E-state index contributed by atoms with van der Waals surface area (Å²) < 4.78 is 1.26. The number of hydrogen-bond donors (Lipinski definition) is 0. The van der Waals surface area contributed by atoms with Gasteiger partial charge in [-0.25, -0.2) is 0 Å². The first kappa shape index (κ1) is 9.85. The molecule has 0 aromatic heterocycles. The summed E-state index contributed by atoms with van der Waals surface area (Å²) in [6, 6.07) is 0. The molecule has 0 unspecified atom stereocenters. The van der Waals surface area contributed by atoms with Gasteiger partial charge in [0.15, 0.2) is 0 Å². The van der Waals surface area contributed by atoms with Crippen LogP contribution in [-0.2, 0) is 0 Å². The van der Waals surface area contributed by atoms with Gasteiger partial charge in [0.25, 0.3) is 0 Å². The minimum atomic E-state index is 1.05. The molecule has 0 aliphatic carbocycles. The molecule has 1 aliphatic rings. The van der Waals surface area contributed by atoms with Gasteiger partial charge in [-0.1, -0.05) is 25.5 Å². The summed E-state index contributed by atoms with van der Waals surface area (Å²) in [4.78, 5) is 2.37. The Bertz CT molecular complexity index is 206. The molecule has 0 radical (unpaired) electrons. The number of unbranched alkanes of at least 4 members (excludes halogenated alkanes) is 1. The van der Waals surface area contributed by atoms with Crippen molar-refractivity contribution in [2.24, 2.45) is 0 Å². The van der Waals surface area contributed by atoms with Crippen molar-refractivity contribution in [3.05, 3.63) is 22.3 Å². The Kier molecular flexibility index (Phi) is 3.86. The molecule has 1 rings (SSSR count). The first-order valence-corrected chi connectivity index (χ1v) is 5.33. The molecule has 0 amide bonds. The molecular weight excluding hydrogens is 214 g/mol. The predicted molar refractivity (Wildman–Crippen MR) is 57.2 cm³/mol. The van der Waals surface area contributed by atoms with Crippen LogP contribution in [0.25, 0.3) is 0 Å². The maximum atomic E-state index is 3.60. The molecule has 0 saturated heterocycles. The topological polar surface area (TPSA) is 3.24 Å². The molecular formula is C10H16BrN. The highest BCUT2D eigenvalue weighted by Gasteiger charge is 2.09. The Morgan fingerprint density at radius 3 is 3.00 bits per heavy atom. The van der Waals surface area contributed by atoms with Crippen LogP contribution in [0.2, 0.25) is 0 Å². The van der Waals surface area contributed by atoms with Gasteiger partial charge in [-0.3, -0.25) is 0 Å². The van der Waals surface area contributed by atoms with Gasteiger partial charge in [0.1, 0.15) is 0 Å². The molecule has 0 bridgehead atoms. The van der Waals surface area contributed by atoms with Crippen LogP contribution in [0.5, 0.6) is 0 Å². The lowest BCUT2D eigenvalue weighted by atomic mass is 10.2. The first-order valence-electron chi connectivity index (χ1n) is 4.53. The highest BCUT2D eigenvalue weighted by Crippen LogP contribution is 2.22. The zero-order valence-corrected chi connectivity index (χ0v) is 9.39. The van der Waals surface area contributed by atoms with E-state index in [9.17, 15) is 0 Å². The molecule has 0 saturated carbocycles. The van der Waals surface area contributed by atoms with Crippen molar-refractivity contribution in [3.63, 3.8) is 0 Å². The van der Waals surface area contributed by atoms with Gasteiger partial charge in [-0.15, -0.1) is 0 Å². The molecule has 1 heterocycles. The Hall–Kier alpha value is -0.240. The van der Waals surface area contributed by atoms with E-state index in [0.717, 1.165) is 6.54 Å². The van der Waals surface area contributed by atoms with Crippen LogP contribution in [0.15, 0.2) is 22.3 Å². The zero-order valence-electron chi connectivity index (χ0n) is 7.81. The van der Waals surface area contributed by atoms with Crippen LogP contribution in [-0.4, -0.2) is 18.0 Å². The Balaban J connectivity index is 2.51. The van der Waals surface area contributed by atoms with E-state index >= 15 is 0 Å². The van der Waals surface area contributed by atoms with Crippen molar-refractivity contribution in [2.75, 3.05) is 13.1 Å². The van der Waals surface area contributed by atoms with E-state index in [0.29, 0.717) is 0 Å². The van der Waals surface area contributed by atoms with Gasteiger partial charge in [-0.2, -0.15) is 0 Å². The summed E-state index contributed by atoms with van der Waals surface area (Å²) in [7, 11) is 0. The number of allylic oxidation sites excluding steroid dienone is 2. The van der Waals surface area contributed by atoms with Gasteiger partial charge in [0.05, 0.1) is 4.61 Å². The summed E-state index contributed by atoms with van der Waals surface area (Å²) in [5.41, 5.74) is 1.33. The molecule has 0 atom stereocenters. The number of nitrogens with zero attached hydrogens (tertiary/aromatic N) is 1. The minimum absolute atomic E-state index is 1.05. The van der Waals surface area contributed by atoms with E-state index in [1.165, 1.54) is 29.6 Å². The smallest absolute Gasteiger partial charge is 0.0838 e.